The lowest BCUT2D eigenvalue weighted by Gasteiger charge is -2.29. The number of ether oxygens (including phenoxy) is 1. The largest absolute Gasteiger partial charge is 0.443 e. The van der Waals surface area contributed by atoms with Crippen molar-refractivity contribution in [3.63, 3.8) is 0 Å². The van der Waals surface area contributed by atoms with Gasteiger partial charge in [-0.05, 0) is 58.2 Å². The van der Waals surface area contributed by atoms with E-state index in [4.69, 9.17) is 4.74 Å². The van der Waals surface area contributed by atoms with E-state index in [1.54, 1.807) is 24.3 Å². The lowest BCUT2D eigenvalue weighted by Crippen LogP contribution is -2.41. The topological polar surface area (TPSA) is 88.2 Å². The Morgan fingerprint density at radius 1 is 1.17 bits per heavy atom. The van der Waals surface area contributed by atoms with Gasteiger partial charge in [-0.15, -0.1) is 11.3 Å². The normalized spacial score (nSPS) is 11.2. The molecule has 3 rings (SSSR count). The predicted octanol–water partition coefficient (Wildman–Crippen LogP) is 5.22. The van der Waals surface area contributed by atoms with Gasteiger partial charge in [0.15, 0.2) is 5.82 Å². The number of nitrogens with zero attached hydrogens (tertiary/aromatic N) is 3. The Hall–Kier alpha value is -2.74. The SMILES string of the molecule is CC.CC(C)N(C(=O)OC(C)(C)C)c1cccc(-c2nc3ccsc3c(=O)[nH]2)n1. The third kappa shape index (κ3) is 5.41. The highest BCUT2D eigenvalue weighted by molar-refractivity contribution is 7.17. The molecule has 0 aliphatic heterocycles. The van der Waals surface area contributed by atoms with Crippen LogP contribution >= 0.6 is 11.3 Å². The van der Waals surface area contributed by atoms with Crippen molar-refractivity contribution in [1.29, 1.82) is 0 Å². The summed E-state index contributed by atoms with van der Waals surface area (Å²) >= 11 is 1.34. The number of hydrogen-bond acceptors (Lipinski definition) is 6. The van der Waals surface area contributed by atoms with Crippen LogP contribution in [0, 0.1) is 0 Å². The number of carbonyl (C=O) groups excluding carboxylic acids is 1. The van der Waals surface area contributed by atoms with Crippen molar-refractivity contribution in [3.8, 4) is 11.5 Å². The lowest BCUT2D eigenvalue weighted by molar-refractivity contribution is 0.0569. The first-order valence-corrected chi connectivity index (χ1v) is 10.5. The van der Waals surface area contributed by atoms with Gasteiger partial charge in [0.2, 0.25) is 0 Å². The van der Waals surface area contributed by atoms with Crippen LogP contribution in [0.2, 0.25) is 0 Å². The summed E-state index contributed by atoms with van der Waals surface area (Å²) in [7, 11) is 0. The van der Waals surface area contributed by atoms with Gasteiger partial charge in [0.1, 0.15) is 21.8 Å². The monoisotopic (exact) mass is 416 g/mol. The van der Waals surface area contributed by atoms with E-state index in [1.807, 2.05) is 53.8 Å². The van der Waals surface area contributed by atoms with Crippen LogP contribution in [0.25, 0.3) is 21.7 Å². The Labute approximate surface area is 174 Å². The second-order valence-electron chi connectivity index (χ2n) is 7.37. The molecule has 3 aromatic heterocycles. The van der Waals surface area contributed by atoms with E-state index < -0.39 is 11.7 Å². The molecule has 0 radical (unpaired) electrons. The van der Waals surface area contributed by atoms with Crippen LogP contribution in [0.15, 0.2) is 34.4 Å². The second kappa shape index (κ2) is 9.17. The molecule has 1 N–H and O–H groups in total. The highest BCUT2D eigenvalue weighted by atomic mass is 32.1. The molecule has 0 fully saturated rings. The maximum absolute atomic E-state index is 12.6. The van der Waals surface area contributed by atoms with E-state index in [0.29, 0.717) is 27.6 Å². The number of aromatic amines is 1. The fraction of sp³-hybridized carbons (Fsp3) is 0.429. The Balaban J connectivity index is 0.00000145. The quantitative estimate of drug-likeness (QED) is 0.632. The van der Waals surface area contributed by atoms with Gasteiger partial charge in [0, 0.05) is 6.04 Å². The van der Waals surface area contributed by atoms with Crippen LogP contribution in [0.4, 0.5) is 10.6 Å². The van der Waals surface area contributed by atoms with Gasteiger partial charge in [-0.25, -0.2) is 14.8 Å². The molecule has 156 valence electrons. The highest BCUT2D eigenvalue weighted by Gasteiger charge is 2.26. The number of amides is 1. The molecular weight excluding hydrogens is 388 g/mol. The van der Waals surface area contributed by atoms with E-state index >= 15 is 0 Å². The van der Waals surface area contributed by atoms with Crippen molar-refractivity contribution in [2.75, 3.05) is 4.90 Å². The van der Waals surface area contributed by atoms with Gasteiger partial charge < -0.3 is 9.72 Å². The first kappa shape index (κ1) is 22.5. The van der Waals surface area contributed by atoms with Crippen molar-refractivity contribution in [1.82, 2.24) is 15.0 Å². The van der Waals surface area contributed by atoms with Crippen LogP contribution in [0.5, 0.6) is 0 Å². The van der Waals surface area contributed by atoms with E-state index in [9.17, 15) is 9.59 Å². The van der Waals surface area contributed by atoms with Gasteiger partial charge >= 0.3 is 6.09 Å². The minimum atomic E-state index is -0.612. The van der Waals surface area contributed by atoms with Gasteiger partial charge in [0.05, 0.1) is 5.52 Å². The van der Waals surface area contributed by atoms with Crippen molar-refractivity contribution >= 4 is 33.5 Å². The first-order valence-electron chi connectivity index (χ1n) is 9.63. The molecule has 0 saturated heterocycles. The molecule has 0 aliphatic carbocycles. The number of anilines is 1. The number of nitrogens with one attached hydrogen (secondary N) is 1. The third-order valence-corrected chi connectivity index (χ3v) is 4.55. The lowest BCUT2D eigenvalue weighted by atomic mass is 10.2. The number of carbonyl (C=O) groups is 1. The number of pyridine rings is 1. The zero-order valence-corrected chi connectivity index (χ0v) is 18.8. The summed E-state index contributed by atoms with van der Waals surface area (Å²) in [4.78, 5) is 38.1. The maximum atomic E-state index is 12.6. The molecule has 3 heterocycles. The van der Waals surface area contributed by atoms with Crippen LogP contribution in [0.1, 0.15) is 48.5 Å². The van der Waals surface area contributed by atoms with E-state index in [1.165, 1.54) is 16.2 Å². The average molecular weight is 417 g/mol. The minimum absolute atomic E-state index is 0.158. The molecule has 0 saturated carbocycles. The van der Waals surface area contributed by atoms with Gasteiger partial charge in [-0.3, -0.25) is 9.69 Å². The fourth-order valence-electron chi connectivity index (χ4n) is 2.56. The molecule has 3 aromatic rings. The number of H-pyrrole nitrogens is 1. The summed E-state index contributed by atoms with van der Waals surface area (Å²) in [5.41, 5.74) is 0.286. The molecule has 0 unspecified atom stereocenters. The minimum Gasteiger partial charge on any atom is -0.443 e. The summed E-state index contributed by atoms with van der Waals surface area (Å²) < 4.78 is 6.08. The molecule has 29 heavy (non-hydrogen) atoms. The van der Waals surface area contributed by atoms with Gasteiger partial charge in [0.25, 0.3) is 5.56 Å². The number of hydrogen-bond donors (Lipinski definition) is 1. The predicted molar refractivity (Wildman–Crippen MR) is 119 cm³/mol. The Morgan fingerprint density at radius 2 is 1.86 bits per heavy atom. The molecule has 7 nitrogen and oxygen atoms in total. The van der Waals surface area contributed by atoms with Crippen LogP contribution in [-0.4, -0.2) is 32.7 Å². The molecular formula is C21H28N4O3S. The van der Waals surface area contributed by atoms with E-state index in [2.05, 4.69) is 15.0 Å². The fourth-order valence-corrected chi connectivity index (χ4v) is 3.29. The maximum Gasteiger partial charge on any atom is 0.416 e. The van der Waals surface area contributed by atoms with Crippen molar-refractivity contribution in [3.05, 3.63) is 40.0 Å². The molecule has 0 spiro atoms. The Kier molecular flexibility index (Phi) is 7.13. The summed E-state index contributed by atoms with van der Waals surface area (Å²) in [6.45, 7) is 13.2. The smallest absolute Gasteiger partial charge is 0.416 e. The molecule has 0 aromatic carbocycles. The molecule has 1 amide bonds. The average Bonchev–Trinajstić information content (AvgIpc) is 3.11. The Bertz CT molecular complexity index is 1030. The Morgan fingerprint density at radius 3 is 2.48 bits per heavy atom. The van der Waals surface area contributed by atoms with Crippen LogP contribution in [-0.2, 0) is 4.74 Å². The third-order valence-electron chi connectivity index (χ3n) is 3.65. The first-order chi connectivity index (χ1) is 13.7. The van der Waals surface area contributed by atoms with Crippen molar-refractivity contribution < 1.29 is 9.53 Å². The second-order valence-corrected chi connectivity index (χ2v) is 8.29. The van der Waals surface area contributed by atoms with Crippen LogP contribution < -0.4 is 10.5 Å². The number of thiophene rings is 1. The van der Waals surface area contributed by atoms with Crippen molar-refractivity contribution in [2.24, 2.45) is 0 Å². The van der Waals surface area contributed by atoms with E-state index in [0.717, 1.165) is 0 Å². The molecule has 0 bridgehead atoms. The standard InChI is InChI=1S/C19H22N4O3S.C2H6/c1-11(2)23(18(25)26-19(3,4)5)14-8-6-7-13(20-14)16-21-12-9-10-27-15(12)17(24)22-16;1-2/h6-11H,1-5H3,(H,21,22,24);1-2H3. The summed E-state index contributed by atoms with van der Waals surface area (Å²) in [5, 5.41) is 1.82. The van der Waals surface area contributed by atoms with Gasteiger partial charge in [-0.2, -0.15) is 0 Å². The zero-order valence-electron chi connectivity index (χ0n) is 17.9. The summed E-state index contributed by atoms with van der Waals surface area (Å²) in [5.74, 6) is 0.797. The zero-order chi connectivity index (χ0) is 21.8. The van der Waals surface area contributed by atoms with Crippen molar-refractivity contribution in [2.45, 2.75) is 60.1 Å². The van der Waals surface area contributed by atoms with Crippen LogP contribution in [0.3, 0.4) is 0 Å². The number of fused-ring (bicyclic) bond motifs is 1. The van der Waals surface area contributed by atoms with E-state index in [-0.39, 0.29) is 11.6 Å². The summed E-state index contributed by atoms with van der Waals surface area (Å²) in [6.07, 6.45) is -0.475. The summed E-state index contributed by atoms with van der Waals surface area (Å²) in [6, 6.07) is 6.88. The molecule has 8 heteroatoms. The number of aromatic nitrogens is 3. The number of rotatable bonds is 3. The molecule has 0 atom stereocenters. The molecule has 0 aliphatic rings. The highest BCUT2D eigenvalue weighted by Crippen LogP contribution is 2.23. The van der Waals surface area contributed by atoms with Gasteiger partial charge in [-0.1, -0.05) is 19.9 Å².